The van der Waals surface area contributed by atoms with Crippen LogP contribution in [0.1, 0.15) is 0 Å². The summed E-state index contributed by atoms with van der Waals surface area (Å²) in [5.41, 5.74) is 3.54. The molecular formula is C19H16ClN5OS. The Morgan fingerprint density at radius 3 is 2.78 bits per heavy atom. The van der Waals surface area contributed by atoms with E-state index in [1.807, 2.05) is 23.6 Å². The maximum absolute atomic E-state index is 6.48. The standard InChI is InChI=1S/C19H16ClN5OS/c20-14-3-10-27-19(14)13-11-16(25-6-8-26-9-7-25)23-17-12(13)1-4-21-18(17)15-2-5-22-24-15/h1-5,10-11H,6-9H2,(H,22,24). The first-order valence-corrected chi connectivity index (χ1v) is 9.92. The number of rotatable bonds is 3. The lowest BCUT2D eigenvalue weighted by Crippen LogP contribution is -2.36. The van der Waals surface area contributed by atoms with Crippen molar-refractivity contribution < 1.29 is 4.74 Å². The predicted molar refractivity (Wildman–Crippen MR) is 108 cm³/mol. The zero-order chi connectivity index (χ0) is 18.2. The van der Waals surface area contributed by atoms with E-state index in [1.54, 1.807) is 23.7 Å². The quantitative estimate of drug-likeness (QED) is 0.560. The Hall–Kier alpha value is -2.48. The highest BCUT2D eigenvalue weighted by Crippen LogP contribution is 2.40. The van der Waals surface area contributed by atoms with Crippen molar-refractivity contribution in [2.45, 2.75) is 0 Å². The minimum atomic E-state index is 0.704. The molecule has 0 atom stereocenters. The molecule has 4 aromatic heterocycles. The van der Waals surface area contributed by atoms with E-state index < -0.39 is 0 Å². The van der Waals surface area contributed by atoms with Crippen molar-refractivity contribution in [2.75, 3.05) is 31.2 Å². The molecule has 1 aliphatic heterocycles. The van der Waals surface area contributed by atoms with Crippen LogP contribution in [0.2, 0.25) is 5.02 Å². The molecule has 0 radical (unpaired) electrons. The number of nitrogens with zero attached hydrogens (tertiary/aromatic N) is 4. The number of thiophene rings is 1. The normalized spacial score (nSPS) is 14.8. The molecule has 0 saturated carbocycles. The summed E-state index contributed by atoms with van der Waals surface area (Å²) in [4.78, 5) is 12.8. The van der Waals surface area contributed by atoms with Crippen LogP contribution in [-0.2, 0) is 4.74 Å². The van der Waals surface area contributed by atoms with Crippen LogP contribution in [0, 0.1) is 0 Å². The number of morpholine rings is 1. The molecule has 0 aliphatic carbocycles. The number of hydrogen-bond acceptors (Lipinski definition) is 6. The molecule has 6 nitrogen and oxygen atoms in total. The van der Waals surface area contributed by atoms with Crippen LogP contribution >= 0.6 is 22.9 Å². The lowest BCUT2D eigenvalue weighted by Gasteiger charge is -2.28. The number of hydrogen-bond donors (Lipinski definition) is 1. The van der Waals surface area contributed by atoms with Gasteiger partial charge in [-0.05, 0) is 29.6 Å². The van der Waals surface area contributed by atoms with Gasteiger partial charge in [-0.3, -0.25) is 10.1 Å². The first kappa shape index (κ1) is 16.7. The maximum atomic E-state index is 6.48. The maximum Gasteiger partial charge on any atom is 0.130 e. The van der Waals surface area contributed by atoms with Gasteiger partial charge in [0.25, 0.3) is 0 Å². The molecule has 1 saturated heterocycles. The number of pyridine rings is 2. The number of halogens is 1. The summed E-state index contributed by atoms with van der Waals surface area (Å²) in [5, 5.41) is 10.8. The van der Waals surface area contributed by atoms with Crippen molar-refractivity contribution in [1.29, 1.82) is 0 Å². The van der Waals surface area contributed by atoms with E-state index in [0.29, 0.717) is 13.2 Å². The molecule has 0 unspecified atom stereocenters. The summed E-state index contributed by atoms with van der Waals surface area (Å²) < 4.78 is 5.50. The van der Waals surface area contributed by atoms with Crippen molar-refractivity contribution in [3.63, 3.8) is 0 Å². The average Bonchev–Trinajstić information content (AvgIpc) is 3.39. The average molecular weight is 398 g/mol. The fourth-order valence-electron chi connectivity index (χ4n) is 3.35. The third-order valence-electron chi connectivity index (χ3n) is 4.67. The Labute approximate surface area is 164 Å². The monoisotopic (exact) mass is 397 g/mol. The summed E-state index contributed by atoms with van der Waals surface area (Å²) in [6.45, 7) is 3.04. The molecule has 5 heterocycles. The van der Waals surface area contributed by atoms with Gasteiger partial charge >= 0.3 is 0 Å². The van der Waals surface area contributed by atoms with Crippen molar-refractivity contribution in [1.82, 2.24) is 20.2 Å². The topological polar surface area (TPSA) is 66.9 Å². The molecule has 27 heavy (non-hydrogen) atoms. The second-order valence-electron chi connectivity index (χ2n) is 6.25. The summed E-state index contributed by atoms with van der Waals surface area (Å²) in [7, 11) is 0. The molecule has 0 aromatic carbocycles. The van der Waals surface area contributed by atoms with E-state index >= 15 is 0 Å². The lowest BCUT2D eigenvalue weighted by molar-refractivity contribution is 0.122. The fraction of sp³-hybridized carbons (Fsp3) is 0.211. The van der Waals surface area contributed by atoms with Crippen LogP contribution in [0.3, 0.4) is 0 Å². The molecule has 4 aromatic rings. The highest BCUT2D eigenvalue weighted by molar-refractivity contribution is 7.14. The Kier molecular flexibility index (Phi) is 4.27. The number of aromatic nitrogens is 4. The van der Waals surface area contributed by atoms with Gasteiger partial charge in [0.1, 0.15) is 17.0 Å². The highest BCUT2D eigenvalue weighted by atomic mass is 35.5. The summed E-state index contributed by atoms with van der Waals surface area (Å²) in [5.74, 6) is 0.916. The molecule has 0 bridgehead atoms. The van der Waals surface area contributed by atoms with Gasteiger partial charge < -0.3 is 9.64 Å². The molecule has 1 fully saturated rings. The molecule has 5 rings (SSSR count). The zero-order valence-electron chi connectivity index (χ0n) is 14.4. The molecule has 8 heteroatoms. The number of fused-ring (bicyclic) bond motifs is 1. The van der Waals surface area contributed by atoms with Gasteiger partial charge in [0.2, 0.25) is 0 Å². The van der Waals surface area contributed by atoms with Crippen molar-refractivity contribution >= 4 is 39.7 Å². The summed E-state index contributed by atoms with van der Waals surface area (Å²) >= 11 is 8.11. The van der Waals surface area contributed by atoms with E-state index in [0.717, 1.165) is 56.7 Å². The van der Waals surface area contributed by atoms with Crippen molar-refractivity contribution in [2.24, 2.45) is 0 Å². The van der Waals surface area contributed by atoms with Gasteiger partial charge in [0.05, 0.1) is 28.8 Å². The third kappa shape index (κ3) is 2.97. The Balaban J connectivity index is 1.79. The first-order valence-electron chi connectivity index (χ1n) is 8.67. The lowest BCUT2D eigenvalue weighted by atomic mass is 10.1. The van der Waals surface area contributed by atoms with Gasteiger partial charge in [-0.25, -0.2) is 4.98 Å². The Morgan fingerprint density at radius 1 is 1.15 bits per heavy atom. The van der Waals surface area contributed by atoms with E-state index in [4.69, 9.17) is 21.3 Å². The van der Waals surface area contributed by atoms with E-state index in [2.05, 4.69) is 26.1 Å². The molecule has 0 spiro atoms. The van der Waals surface area contributed by atoms with Crippen LogP contribution in [0.4, 0.5) is 5.82 Å². The minimum absolute atomic E-state index is 0.704. The van der Waals surface area contributed by atoms with Crippen LogP contribution in [-0.4, -0.2) is 46.5 Å². The number of anilines is 1. The largest absolute Gasteiger partial charge is 0.378 e. The van der Waals surface area contributed by atoms with Crippen molar-refractivity contribution in [3.8, 4) is 21.8 Å². The molecule has 0 amide bonds. The van der Waals surface area contributed by atoms with Crippen LogP contribution in [0.5, 0.6) is 0 Å². The molecule has 1 N–H and O–H groups in total. The smallest absolute Gasteiger partial charge is 0.130 e. The highest BCUT2D eigenvalue weighted by Gasteiger charge is 2.20. The van der Waals surface area contributed by atoms with Gasteiger partial charge in [0.15, 0.2) is 0 Å². The molecular weight excluding hydrogens is 382 g/mol. The van der Waals surface area contributed by atoms with Gasteiger partial charge in [0, 0.05) is 36.4 Å². The fourth-order valence-corrected chi connectivity index (χ4v) is 4.54. The van der Waals surface area contributed by atoms with Crippen LogP contribution < -0.4 is 4.90 Å². The number of nitrogens with one attached hydrogen (secondary N) is 1. The Morgan fingerprint density at radius 2 is 2.04 bits per heavy atom. The van der Waals surface area contributed by atoms with Crippen LogP contribution in [0.15, 0.2) is 42.0 Å². The van der Waals surface area contributed by atoms with Gasteiger partial charge in [-0.2, -0.15) is 5.10 Å². The number of H-pyrrole nitrogens is 1. The predicted octanol–water partition coefficient (Wildman–Crippen LogP) is 4.24. The van der Waals surface area contributed by atoms with Gasteiger partial charge in [-0.1, -0.05) is 11.6 Å². The second kappa shape index (κ2) is 6.92. The van der Waals surface area contributed by atoms with E-state index in [9.17, 15) is 0 Å². The summed E-state index contributed by atoms with van der Waals surface area (Å²) in [6, 6.07) is 7.96. The minimum Gasteiger partial charge on any atom is -0.378 e. The molecule has 1 aliphatic rings. The number of ether oxygens (including phenoxy) is 1. The van der Waals surface area contributed by atoms with E-state index in [1.165, 1.54) is 0 Å². The second-order valence-corrected chi connectivity index (χ2v) is 7.57. The third-order valence-corrected chi connectivity index (χ3v) is 6.04. The van der Waals surface area contributed by atoms with Crippen LogP contribution in [0.25, 0.3) is 32.7 Å². The van der Waals surface area contributed by atoms with Crippen molar-refractivity contribution in [3.05, 3.63) is 47.1 Å². The number of aromatic amines is 1. The Bertz CT molecular complexity index is 1090. The molecule has 136 valence electrons. The first-order chi connectivity index (χ1) is 13.3. The zero-order valence-corrected chi connectivity index (χ0v) is 15.9. The van der Waals surface area contributed by atoms with Gasteiger partial charge in [-0.15, -0.1) is 11.3 Å². The summed E-state index contributed by atoms with van der Waals surface area (Å²) in [6.07, 6.45) is 3.53. The SMILES string of the molecule is Clc1ccsc1-c1cc(N2CCOCC2)nc2c(-c3ccn[nH]3)nccc12. The van der Waals surface area contributed by atoms with E-state index in [-0.39, 0.29) is 0 Å².